The quantitative estimate of drug-likeness (QED) is 0.701. The number of allylic oxidation sites excluding steroid dienone is 2. The Bertz CT molecular complexity index is 589. The Morgan fingerprint density at radius 1 is 1.13 bits per heavy atom. The molecule has 0 radical (unpaired) electrons. The Labute approximate surface area is 140 Å². The molecule has 0 spiro atoms. The first-order chi connectivity index (χ1) is 10.9. The van der Waals surface area contributed by atoms with Crippen molar-refractivity contribution in [3.8, 4) is 0 Å². The average Bonchev–Trinajstić information content (AvgIpc) is 2.82. The van der Waals surface area contributed by atoms with Gasteiger partial charge in [-0.3, -0.25) is 9.59 Å². The minimum Gasteiger partial charge on any atom is -0.299 e. The van der Waals surface area contributed by atoms with Gasteiger partial charge in [-0.1, -0.05) is 19.9 Å². The molecule has 0 aromatic rings. The number of carbonyl (C=O) groups is 2. The molecule has 4 rings (SSSR count). The predicted molar refractivity (Wildman–Crippen MR) is 90.9 cm³/mol. The summed E-state index contributed by atoms with van der Waals surface area (Å²) in [5.41, 5.74) is 1.41. The van der Waals surface area contributed by atoms with Crippen molar-refractivity contribution in [3.63, 3.8) is 0 Å². The first-order valence-electron chi connectivity index (χ1n) is 9.59. The molecule has 0 aliphatic heterocycles. The molecule has 0 unspecified atom stereocenters. The molecule has 0 aromatic carbocycles. The van der Waals surface area contributed by atoms with Gasteiger partial charge in [0.1, 0.15) is 5.78 Å². The van der Waals surface area contributed by atoms with E-state index in [1.165, 1.54) is 19.3 Å². The van der Waals surface area contributed by atoms with Gasteiger partial charge in [-0.15, -0.1) is 0 Å². The molecule has 6 atom stereocenters. The van der Waals surface area contributed by atoms with Crippen molar-refractivity contribution < 1.29 is 9.59 Å². The van der Waals surface area contributed by atoms with Crippen LogP contribution in [-0.2, 0) is 9.59 Å². The number of Topliss-reactive ketones (excluding diaryl/α,β-unsaturated/α-hetero) is 2. The maximum atomic E-state index is 12.4. The molecule has 3 saturated carbocycles. The zero-order valence-electron chi connectivity index (χ0n) is 14.9. The molecule has 4 aliphatic carbocycles. The second-order valence-corrected chi connectivity index (χ2v) is 9.27. The van der Waals surface area contributed by atoms with Crippen LogP contribution < -0.4 is 0 Å². The molecule has 0 aromatic heterocycles. The fourth-order valence-electron chi connectivity index (χ4n) is 6.94. The molecule has 0 bridgehead atoms. The van der Waals surface area contributed by atoms with Crippen LogP contribution in [0, 0.1) is 34.5 Å². The molecule has 2 nitrogen and oxygen atoms in total. The average molecular weight is 314 g/mol. The monoisotopic (exact) mass is 314 g/mol. The summed E-state index contributed by atoms with van der Waals surface area (Å²) >= 11 is 0. The third kappa shape index (κ3) is 2.06. The fourth-order valence-corrected chi connectivity index (χ4v) is 6.94. The summed E-state index contributed by atoms with van der Waals surface area (Å²) in [6.45, 7) is 6.46. The highest BCUT2D eigenvalue weighted by Crippen LogP contribution is 2.65. The molecule has 126 valence electrons. The number of hydrogen-bond donors (Lipinski definition) is 0. The topological polar surface area (TPSA) is 34.1 Å². The zero-order valence-corrected chi connectivity index (χ0v) is 14.9. The van der Waals surface area contributed by atoms with E-state index in [0.29, 0.717) is 23.0 Å². The lowest BCUT2D eigenvalue weighted by molar-refractivity contribution is -0.136. The van der Waals surface area contributed by atoms with Gasteiger partial charge in [0.2, 0.25) is 0 Å². The van der Waals surface area contributed by atoms with E-state index in [2.05, 4.69) is 19.9 Å². The molecule has 0 heterocycles. The second-order valence-electron chi connectivity index (χ2n) is 9.27. The van der Waals surface area contributed by atoms with E-state index in [-0.39, 0.29) is 11.2 Å². The predicted octanol–water partition coefficient (Wildman–Crippen LogP) is 4.72. The summed E-state index contributed by atoms with van der Waals surface area (Å²) in [5, 5.41) is 0. The van der Waals surface area contributed by atoms with Crippen molar-refractivity contribution in [2.24, 2.45) is 34.5 Å². The highest BCUT2D eigenvalue weighted by atomic mass is 16.1. The smallest absolute Gasteiger partial charge is 0.155 e. The molecular formula is C21H30O2. The SMILES string of the molecule is CC(=O)C1=CC[C@@]2(C)[C@H](CC[C@H]3[C@H]2CC[C@]2(C)C(=O)CC[C@@H]32)C1. The van der Waals surface area contributed by atoms with Gasteiger partial charge in [-0.05, 0) is 86.5 Å². The van der Waals surface area contributed by atoms with Crippen molar-refractivity contribution in [3.05, 3.63) is 11.6 Å². The Balaban J connectivity index is 1.64. The van der Waals surface area contributed by atoms with E-state index >= 15 is 0 Å². The summed E-state index contributed by atoms with van der Waals surface area (Å²) in [6.07, 6.45) is 11.1. The molecule has 23 heavy (non-hydrogen) atoms. The van der Waals surface area contributed by atoms with E-state index in [0.717, 1.165) is 49.5 Å². The fraction of sp³-hybridized carbons (Fsp3) is 0.810. The highest BCUT2D eigenvalue weighted by molar-refractivity contribution is 5.93. The summed E-state index contributed by atoms with van der Waals surface area (Å²) < 4.78 is 0. The van der Waals surface area contributed by atoms with E-state index in [4.69, 9.17) is 0 Å². The summed E-state index contributed by atoms with van der Waals surface area (Å²) in [6, 6.07) is 0. The lowest BCUT2D eigenvalue weighted by Gasteiger charge is -2.59. The molecule has 0 saturated heterocycles. The Morgan fingerprint density at radius 3 is 2.65 bits per heavy atom. The van der Waals surface area contributed by atoms with E-state index < -0.39 is 0 Å². The van der Waals surface area contributed by atoms with Crippen molar-refractivity contribution in [1.82, 2.24) is 0 Å². The van der Waals surface area contributed by atoms with Crippen LogP contribution in [0.3, 0.4) is 0 Å². The zero-order chi connectivity index (χ0) is 16.4. The highest BCUT2D eigenvalue weighted by Gasteiger charge is 2.59. The second kappa shape index (κ2) is 5.04. The molecular weight excluding hydrogens is 284 g/mol. The van der Waals surface area contributed by atoms with Crippen LogP contribution in [0.2, 0.25) is 0 Å². The Kier molecular flexibility index (Phi) is 3.42. The molecule has 3 fully saturated rings. The van der Waals surface area contributed by atoms with Crippen molar-refractivity contribution in [1.29, 1.82) is 0 Å². The Hall–Kier alpha value is -0.920. The van der Waals surface area contributed by atoms with Gasteiger partial charge >= 0.3 is 0 Å². The number of ketones is 2. The summed E-state index contributed by atoms with van der Waals surface area (Å²) in [4.78, 5) is 24.2. The molecule has 0 N–H and O–H groups in total. The van der Waals surface area contributed by atoms with Crippen LogP contribution in [0.5, 0.6) is 0 Å². The van der Waals surface area contributed by atoms with Crippen molar-refractivity contribution in [2.45, 2.75) is 72.1 Å². The minimum absolute atomic E-state index is 0.0145. The summed E-state index contributed by atoms with van der Waals surface area (Å²) in [7, 11) is 0. The number of carbonyl (C=O) groups excluding carboxylic acids is 2. The van der Waals surface area contributed by atoms with Crippen LogP contribution >= 0.6 is 0 Å². The number of fused-ring (bicyclic) bond motifs is 5. The van der Waals surface area contributed by atoms with Gasteiger partial charge in [0.05, 0.1) is 0 Å². The normalized spacial score (nSPS) is 49.0. The molecule has 4 aliphatic rings. The van der Waals surface area contributed by atoms with Crippen LogP contribution in [0.1, 0.15) is 72.1 Å². The van der Waals surface area contributed by atoms with Crippen LogP contribution in [0.25, 0.3) is 0 Å². The third-order valence-electron chi connectivity index (χ3n) is 8.48. The van der Waals surface area contributed by atoms with Crippen LogP contribution in [0.15, 0.2) is 11.6 Å². The van der Waals surface area contributed by atoms with Crippen LogP contribution in [0.4, 0.5) is 0 Å². The lowest BCUT2D eigenvalue weighted by atomic mass is 9.45. The van der Waals surface area contributed by atoms with Gasteiger partial charge in [-0.25, -0.2) is 0 Å². The maximum absolute atomic E-state index is 12.4. The van der Waals surface area contributed by atoms with Crippen molar-refractivity contribution in [2.75, 3.05) is 0 Å². The van der Waals surface area contributed by atoms with Gasteiger partial charge in [0.25, 0.3) is 0 Å². The molecule has 2 heteroatoms. The number of hydrogen-bond acceptors (Lipinski definition) is 2. The Morgan fingerprint density at radius 2 is 1.91 bits per heavy atom. The van der Waals surface area contributed by atoms with Gasteiger partial charge < -0.3 is 0 Å². The third-order valence-corrected chi connectivity index (χ3v) is 8.48. The van der Waals surface area contributed by atoms with Gasteiger partial charge in [0, 0.05) is 11.8 Å². The van der Waals surface area contributed by atoms with Crippen LogP contribution in [-0.4, -0.2) is 11.6 Å². The summed E-state index contributed by atoms with van der Waals surface area (Å²) in [5.74, 6) is 3.62. The van der Waals surface area contributed by atoms with E-state index in [1.54, 1.807) is 6.92 Å². The largest absolute Gasteiger partial charge is 0.299 e. The van der Waals surface area contributed by atoms with E-state index in [1.807, 2.05) is 0 Å². The maximum Gasteiger partial charge on any atom is 0.155 e. The van der Waals surface area contributed by atoms with E-state index in [9.17, 15) is 9.59 Å². The van der Waals surface area contributed by atoms with Gasteiger partial charge in [-0.2, -0.15) is 0 Å². The first kappa shape index (κ1) is 15.6. The first-order valence-corrected chi connectivity index (χ1v) is 9.59. The lowest BCUT2D eigenvalue weighted by Crippen LogP contribution is -2.52. The van der Waals surface area contributed by atoms with Crippen molar-refractivity contribution >= 4 is 11.6 Å². The minimum atomic E-state index is -0.0145. The van der Waals surface area contributed by atoms with Gasteiger partial charge in [0.15, 0.2) is 5.78 Å². The number of rotatable bonds is 1. The standard InChI is InChI=1S/C21H30O2/c1-13(22)14-8-10-20(2)15(12-14)4-5-16-17-6-7-19(23)21(17,3)11-9-18(16)20/h8,15-18H,4-7,9-12H2,1-3H3/t15-,16-,17+,18-,20+,21+/m1/s1. The molecule has 0 amide bonds.